The summed E-state index contributed by atoms with van der Waals surface area (Å²) in [5, 5.41) is 3.16. The van der Waals surface area contributed by atoms with Gasteiger partial charge in [0, 0.05) is 50.7 Å². The van der Waals surface area contributed by atoms with E-state index in [2.05, 4.69) is 15.3 Å². The molecule has 8 heteroatoms. The predicted octanol–water partition coefficient (Wildman–Crippen LogP) is 1.31. The number of hydrogen-bond acceptors (Lipinski definition) is 6. The third-order valence-electron chi connectivity index (χ3n) is 6.00. The second-order valence-corrected chi connectivity index (χ2v) is 7.92. The summed E-state index contributed by atoms with van der Waals surface area (Å²) in [4.78, 5) is 35.2. The van der Waals surface area contributed by atoms with Gasteiger partial charge in [0.1, 0.15) is 6.10 Å². The molecule has 152 valence electrons. The molecule has 3 heterocycles. The van der Waals surface area contributed by atoms with E-state index < -0.39 is 0 Å². The van der Waals surface area contributed by atoms with Gasteiger partial charge in [-0.2, -0.15) is 0 Å². The average Bonchev–Trinajstić information content (AvgIpc) is 3.13. The maximum atomic E-state index is 12.7. The summed E-state index contributed by atoms with van der Waals surface area (Å²) in [5.41, 5.74) is 0. The molecular weight excluding hydrogens is 360 g/mol. The molecular formula is C20H28N4O4. The summed E-state index contributed by atoms with van der Waals surface area (Å²) >= 11 is 0. The molecule has 2 aliphatic heterocycles. The van der Waals surface area contributed by atoms with E-state index in [1.807, 2.05) is 4.90 Å². The number of hydrogen-bond donors (Lipinski definition) is 1. The van der Waals surface area contributed by atoms with Crippen LogP contribution in [0.1, 0.15) is 44.9 Å². The van der Waals surface area contributed by atoms with Gasteiger partial charge >= 0.3 is 6.01 Å². The van der Waals surface area contributed by atoms with Gasteiger partial charge < -0.3 is 19.7 Å². The normalized spacial score (nSPS) is 28.9. The molecule has 3 aliphatic rings. The maximum Gasteiger partial charge on any atom is 0.316 e. The van der Waals surface area contributed by atoms with Crippen LogP contribution in [-0.4, -0.2) is 64.6 Å². The highest BCUT2D eigenvalue weighted by molar-refractivity contribution is 5.89. The van der Waals surface area contributed by atoms with Gasteiger partial charge in [-0.1, -0.05) is 0 Å². The Balaban J connectivity index is 1.22. The zero-order valence-electron chi connectivity index (χ0n) is 16.1. The van der Waals surface area contributed by atoms with Crippen LogP contribution in [0.3, 0.4) is 0 Å². The van der Waals surface area contributed by atoms with Crippen LogP contribution in [0, 0.1) is 5.92 Å². The minimum absolute atomic E-state index is 0.0127. The van der Waals surface area contributed by atoms with Gasteiger partial charge in [0.25, 0.3) is 0 Å². The first-order valence-corrected chi connectivity index (χ1v) is 10.3. The molecule has 1 saturated carbocycles. The SMILES string of the molecule is O=C(NC1CCC(Oc2ncccn2)CC1)C1CC(=O)N(C2CCOCC2)C1. The second-order valence-electron chi connectivity index (χ2n) is 7.92. The fourth-order valence-corrected chi connectivity index (χ4v) is 4.40. The van der Waals surface area contributed by atoms with Gasteiger partial charge in [-0.05, 0) is 44.6 Å². The topological polar surface area (TPSA) is 93.7 Å². The molecule has 1 aromatic heterocycles. The van der Waals surface area contributed by atoms with Crippen molar-refractivity contribution in [3.05, 3.63) is 18.5 Å². The lowest BCUT2D eigenvalue weighted by Gasteiger charge is -2.31. The standard InChI is InChI=1S/C20H28N4O4/c25-18-12-14(13-24(18)16-6-10-27-11-7-16)19(26)23-15-2-4-17(5-3-15)28-20-21-8-1-9-22-20/h1,8-9,14-17H,2-7,10-13H2,(H,23,26). The van der Waals surface area contributed by atoms with Crippen LogP contribution < -0.4 is 10.1 Å². The Hall–Kier alpha value is -2.22. The predicted molar refractivity (Wildman–Crippen MR) is 101 cm³/mol. The first-order chi connectivity index (χ1) is 13.7. The first-order valence-electron chi connectivity index (χ1n) is 10.3. The van der Waals surface area contributed by atoms with E-state index in [-0.39, 0.29) is 35.9 Å². The molecule has 1 atom stereocenters. The summed E-state index contributed by atoms with van der Waals surface area (Å²) in [6.45, 7) is 1.94. The summed E-state index contributed by atoms with van der Waals surface area (Å²) < 4.78 is 11.2. The molecule has 2 saturated heterocycles. The molecule has 1 unspecified atom stereocenters. The Bertz CT molecular complexity index is 672. The summed E-state index contributed by atoms with van der Waals surface area (Å²) in [6, 6.07) is 2.55. The van der Waals surface area contributed by atoms with E-state index in [9.17, 15) is 9.59 Å². The lowest BCUT2D eigenvalue weighted by atomic mass is 9.92. The van der Waals surface area contributed by atoms with Crippen molar-refractivity contribution in [2.45, 2.75) is 63.1 Å². The molecule has 1 N–H and O–H groups in total. The molecule has 8 nitrogen and oxygen atoms in total. The van der Waals surface area contributed by atoms with Crippen molar-refractivity contribution < 1.29 is 19.1 Å². The largest absolute Gasteiger partial charge is 0.460 e. The lowest BCUT2D eigenvalue weighted by Crippen LogP contribution is -2.44. The van der Waals surface area contributed by atoms with E-state index in [0.717, 1.165) is 38.5 Å². The lowest BCUT2D eigenvalue weighted by molar-refractivity contribution is -0.131. The average molecular weight is 388 g/mol. The van der Waals surface area contributed by atoms with Crippen molar-refractivity contribution in [3.63, 3.8) is 0 Å². The Morgan fingerprint density at radius 2 is 1.82 bits per heavy atom. The number of nitrogens with one attached hydrogen (secondary N) is 1. The van der Waals surface area contributed by atoms with E-state index in [1.54, 1.807) is 18.5 Å². The number of nitrogens with zero attached hydrogens (tertiary/aromatic N) is 3. The summed E-state index contributed by atoms with van der Waals surface area (Å²) in [7, 11) is 0. The number of carbonyl (C=O) groups excluding carboxylic acids is 2. The molecule has 4 rings (SSSR count). The van der Waals surface area contributed by atoms with E-state index >= 15 is 0 Å². The van der Waals surface area contributed by atoms with Crippen LogP contribution in [0.4, 0.5) is 0 Å². The van der Waals surface area contributed by atoms with Crippen LogP contribution >= 0.6 is 0 Å². The quantitative estimate of drug-likeness (QED) is 0.817. The molecule has 0 bridgehead atoms. The van der Waals surface area contributed by atoms with Crippen LogP contribution in [0.2, 0.25) is 0 Å². The van der Waals surface area contributed by atoms with Crippen molar-refractivity contribution in [1.82, 2.24) is 20.2 Å². The van der Waals surface area contributed by atoms with Crippen molar-refractivity contribution in [3.8, 4) is 6.01 Å². The Kier molecular flexibility index (Phi) is 6.04. The highest BCUT2D eigenvalue weighted by atomic mass is 16.5. The number of rotatable bonds is 5. The molecule has 0 spiro atoms. The van der Waals surface area contributed by atoms with Gasteiger partial charge in [0.2, 0.25) is 11.8 Å². The number of likely N-dealkylation sites (tertiary alicyclic amines) is 1. The van der Waals surface area contributed by atoms with Gasteiger partial charge in [0.15, 0.2) is 0 Å². The van der Waals surface area contributed by atoms with E-state index in [1.165, 1.54) is 0 Å². The fourth-order valence-electron chi connectivity index (χ4n) is 4.40. The molecule has 0 aromatic carbocycles. The van der Waals surface area contributed by atoms with E-state index in [4.69, 9.17) is 9.47 Å². The molecule has 28 heavy (non-hydrogen) atoms. The minimum atomic E-state index is -0.234. The van der Waals surface area contributed by atoms with Crippen molar-refractivity contribution in [2.24, 2.45) is 5.92 Å². The molecule has 3 fully saturated rings. The number of carbonyl (C=O) groups is 2. The molecule has 2 amide bonds. The molecule has 0 radical (unpaired) electrons. The molecule has 1 aromatic rings. The summed E-state index contributed by atoms with van der Waals surface area (Å²) in [6.07, 6.45) is 8.95. The Labute approximate surface area is 165 Å². The Morgan fingerprint density at radius 1 is 1.11 bits per heavy atom. The number of amides is 2. The first kappa shape index (κ1) is 19.1. The minimum Gasteiger partial charge on any atom is -0.460 e. The van der Waals surface area contributed by atoms with Crippen molar-refractivity contribution in [1.29, 1.82) is 0 Å². The van der Waals surface area contributed by atoms with Crippen LogP contribution in [0.15, 0.2) is 18.5 Å². The fraction of sp³-hybridized carbons (Fsp3) is 0.700. The zero-order valence-corrected chi connectivity index (χ0v) is 16.1. The van der Waals surface area contributed by atoms with Crippen LogP contribution in [-0.2, 0) is 14.3 Å². The van der Waals surface area contributed by atoms with Crippen LogP contribution in [0.25, 0.3) is 0 Å². The number of aromatic nitrogens is 2. The Morgan fingerprint density at radius 3 is 2.54 bits per heavy atom. The maximum absolute atomic E-state index is 12.7. The van der Waals surface area contributed by atoms with Gasteiger partial charge in [-0.15, -0.1) is 0 Å². The van der Waals surface area contributed by atoms with Gasteiger partial charge in [-0.3, -0.25) is 9.59 Å². The third-order valence-corrected chi connectivity index (χ3v) is 6.00. The highest BCUT2D eigenvalue weighted by Crippen LogP contribution is 2.26. The smallest absolute Gasteiger partial charge is 0.316 e. The van der Waals surface area contributed by atoms with Crippen molar-refractivity contribution >= 4 is 11.8 Å². The second kappa shape index (κ2) is 8.86. The molecule has 1 aliphatic carbocycles. The van der Waals surface area contributed by atoms with Crippen LogP contribution in [0.5, 0.6) is 6.01 Å². The van der Waals surface area contributed by atoms with Gasteiger partial charge in [-0.25, -0.2) is 9.97 Å². The third kappa shape index (κ3) is 4.60. The monoisotopic (exact) mass is 388 g/mol. The van der Waals surface area contributed by atoms with Gasteiger partial charge in [0.05, 0.1) is 5.92 Å². The number of ether oxygens (including phenoxy) is 2. The summed E-state index contributed by atoms with van der Waals surface area (Å²) in [5.74, 6) is -0.118. The highest BCUT2D eigenvalue weighted by Gasteiger charge is 2.39. The zero-order chi connectivity index (χ0) is 19.3. The van der Waals surface area contributed by atoms with Crippen molar-refractivity contribution in [2.75, 3.05) is 19.8 Å². The van der Waals surface area contributed by atoms with E-state index in [0.29, 0.717) is 32.2 Å².